The van der Waals surface area contributed by atoms with Crippen LogP contribution in [0.15, 0.2) is 54.7 Å². The molecule has 0 spiro atoms. The van der Waals surface area contributed by atoms with E-state index >= 15 is 0 Å². The highest BCUT2D eigenvalue weighted by molar-refractivity contribution is 6.38. The molecule has 0 saturated carbocycles. The van der Waals surface area contributed by atoms with Crippen molar-refractivity contribution < 1.29 is 18.8 Å². The number of imide groups is 1. The second kappa shape index (κ2) is 7.09. The van der Waals surface area contributed by atoms with E-state index in [4.69, 9.17) is 0 Å². The first-order valence-electron chi connectivity index (χ1n) is 9.73. The minimum Gasteiger partial charge on any atom is -0.326 e. The zero-order chi connectivity index (χ0) is 22.6. The molecular formula is C23H16FN5O3. The summed E-state index contributed by atoms with van der Waals surface area (Å²) in [6.45, 7) is 1.39. The van der Waals surface area contributed by atoms with Crippen molar-refractivity contribution in [1.82, 2.24) is 14.8 Å². The Morgan fingerprint density at radius 3 is 2.34 bits per heavy atom. The lowest BCUT2D eigenvalue weighted by Crippen LogP contribution is -2.29. The number of pyridine rings is 1. The van der Waals surface area contributed by atoms with E-state index in [1.807, 2.05) is 0 Å². The van der Waals surface area contributed by atoms with Crippen molar-refractivity contribution in [2.75, 3.05) is 10.2 Å². The summed E-state index contributed by atoms with van der Waals surface area (Å²) < 4.78 is 14.9. The average Bonchev–Trinajstić information content (AvgIpc) is 3.23. The number of carbonyl (C=O) groups excluding carboxylic acids is 3. The fourth-order valence-electron chi connectivity index (χ4n) is 3.87. The molecule has 2 aromatic heterocycles. The van der Waals surface area contributed by atoms with Crippen LogP contribution < -0.4 is 10.2 Å². The number of hydrogen-bond donors (Lipinski definition) is 1. The van der Waals surface area contributed by atoms with Crippen molar-refractivity contribution in [2.24, 2.45) is 7.05 Å². The van der Waals surface area contributed by atoms with Gasteiger partial charge in [-0.1, -0.05) is 0 Å². The van der Waals surface area contributed by atoms with Crippen LogP contribution in [-0.4, -0.2) is 32.5 Å². The molecule has 8 nitrogen and oxygen atoms in total. The summed E-state index contributed by atoms with van der Waals surface area (Å²) in [5, 5.41) is 7.55. The number of nitrogens with zero attached hydrogens (tertiary/aromatic N) is 4. The molecule has 158 valence electrons. The SMILES string of the molecule is CC(=O)Nc1ccc(N2C(=O)c3cnc4c(c(-c5ccc(F)cc5)nn4C)c3C2=O)cc1. The maximum Gasteiger partial charge on any atom is 0.267 e. The molecule has 1 aliphatic heterocycles. The number of rotatable bonds is 3. The molecule has 3 heterocycles. The standard InChI is InChI=1S/C23H16FN5O3/c1-12(30)26-15-7-9-16(10-8-15)29-22(31)17-11-25-21-19(18(17)23(29)32)20(27-28(21)2)13-3-5-14(24)6-4-13/h3-11H,1-2H3,(H,26,30). The number of benzene rings is 2. The fourth-order valence-corrected chi connectivity index (χ4v) is 3.87. The van der Waals surface area contributed by atoms with Crippen molar-refractivity contribution in [3.63, 3.8) is 0 Å². The Morgan fingerprint density at radius 2 is 1.69 bits per heavy atom. The minimum absolute atomic E-state index is 0.171. The predicted molar refractivity (Wildman–Crippen MR) is 116 cm³/mol. The highest BCUT2D eigenvalue weighted by atomic mass is 19.1. The van der Waals surface area contributed by atoms with Crippen molar-refractivity contribution in [2.45, 2.75) is 6.92 Å². The molecule has 0 saturated heterocycles. The van der Waals surface area contributed by atoms with Crippen molar-refractivity contribution in [1.29, 1.82) is 0 Å². The lowest BCUT2D eigenvalue weighted by Gasteiger charge is -2.14. The van der Waals surface area contributed by atoms with Crippen LogP contribution in [-0.2, 0) is 11.8 Å². The van der Waals surface area contributed by atoms with Gasteiger partial charge in [0.25, 0.3) is 11.8 Å². The van der Waals surface area contributed by atoms with Gasteiger partial charge in [0.05, 0.1) is 22.2 Å². The number of nitrogens with one attached hydrogen (secondary N) is 1. The maximum absolute atomic E-state index is 13.4. The van der Waals surface area contributed by atoms with Crippen LogP contribution in [0.3, 0.4) is 0 Å². The van der Waals surface area contributed by atoms with Crippen LogP contribution in [0.25, 0.3) is 22.3 Å². The van der Waals surface area contributed by atoms with E-state index in [0.29, 0.717) is 33.7 Å². The first-order chi connectivity index (χ1) is 15.3. The molecule has 32 heavy (non-hydrogen) atoms. The highest BCUT2D eigenvalue weighted by Crippen LogP contribution is 2.37. The summed E-state index contributed by atoms with van der Waals surface area (Å²) in [5.41, 5.74) is 2.77. The summed E-state index contributed by atoms with van der Waals surface area (Å²) in [4.78, 5) is 43.2. The van der Waals surface area contributed by atoms with E-state index in [1.165, 1.54) is 29.9 Å². The summed E-state index contributed by atoms with van der Waals surface area (Å²) in [7, 11) is 1.69. The molecule has 9 heteroatoms. The summed E-state index contributed by atoms with van der Waals surface area (Å²) in [6.07, 6.45) is 1.37. The zero-order valence-corrected chi connectivity index (χ0v) is 17.1. The molecule has 0 unspecified atom stereocenters. The fraction of sp³-hybridized carbons (Fsp3) is 0.0870. The van der Waals surface area contributed by atoms with Gasteiger partial charge in [0.2, 0.25) is 5.91 Å². The molecule has 0 bridgehead atoms. The van der Waals surface area contributed by atoms with E-state index in [1.54, 1.807) is 43.4 Å². The first-order valence-corrected chi connectivity index (χ1v) is 9.73. The number of halogens is 1. The summed E-state index contributed by atoms with van der Waals surface area (Å²) in [6, 6.07) is 12.1. The molecule has 2 aromatic carbocycles. The Bertz CT molecular complexity index is 1430. The molecule has 0 fully saturated rings. The van der Waals surface area contributed by atoms with Crippen LogP contribution in [0.2, 0.25) is 0 Å². The molecule has 5 rings (SSSR count). The number of amides is 3. The first kappa shape index (κ1) is 19.6. The van der Waals surface area contributed by atoms with Gasteiger partial charge >= 0.3 is 0 Å². The average molecular weight is 429 g/mol. The predicted octanol–water partition coefficient (Wildman–Crippen LogP) is 3.53. The topological polar surface area (TPSA) is 97.2 Å². The van der Waals surface area contributed by atoms with Gasteiger partial charge in [-0.15, -0.1) is 0 Å². The number of fused-ring (bicyclic) bond motifs is 3. The van der Waals surface area contributed by atoms with Crippen molar-refractivity contribution in [3.05, 3.63) is 71.7 Å². The largest absolute Gasteiger partial charge is 0.326 e. The Morgan fingerprint density at radius 1 is 1.00 bits per heavy atom. The smallest absolute Gasteiger partial charge is 0.267 e. The number of hydrogen-bond acceptors (Lipinski definition) is 5. The third-order valence-corrected chi connectivity index (χ3v) is 5.27. The maximum atomic E-state index is 13.4. The Kier molecular flexibility index (Phi) is 4.33. The molecule has 0 aliphatic carbocycles. The van der Waals surface area contributed by atoms with Crippen molar-refractivity contribution >= 4 is 40.1 Å². The molecule has 1 aliphatic rings. The number of carbonyl (C=O) groups is 3. The molecule has 1 N–H and O–H groups in total. The number of anilines is 2. The Labute approximate surface area is 181 Å². The normalized spacial score (nSPS) is 13.0. The van der Waals surface area contributed by atoms with Gasteiger partial charge in [-0.3, -0.25) is 14.4 Å². The number of aromatic nitrogens is 3. The molecule has 0 radical (unpaired) electrons. The Balaban J connectivity index is 1.64. The van der Waals surface area contributed by atoms with E-state index in [2.05, 4.69) is 15.4 Å². The quantitative estimate of drug-likeness (QED) is 0.503. The molecule has 3 amide bonds. The highest BCUT2D eigenvalue weighted by Gasteiger charge is 2.40. The lowest BCUT2D eigenvalue weighted by molar-refractivity contribution is -0.114. The molecule has 0 atom stereocenters. The van der Waals surface area contributed by atoms with Crippen LogP contribution in [0.5, 0.6) is 0 Å². The third-order valence-electron chi connectivity index (χ3n) is 5.27. The minimum atomic E-state index is -0.499. The van der Waals surface area contributed by atoms with Crippen LogP contribution in [0, 0.1) is 5.82 Å². The van der Waals surface area contributed by atoms with Gasteiger partial charge in [0.15, 0.2) is 5.65 Å². The van der Waals surface area contributed by atoms with Crippen LogP contribution >= 0.6 is 0 Å². The molecular weight excluding hydrogens is 413 g/mol. The lowest BCUT2D eigenvalue weighted by atomic mass is 10.0. The van der Waals surface area contributed by atoms with Gasteiger partial charge in [-0.2, -0.15) is 5.10 Å². The van der Waals surface area contributed by atoms with Gasteiger partial charge in [0, 0.05) is 31.4 Å². The Hall–Kier alpha value is -4.40. The second-order valence-corrected chi connectivity index (χ2v) is 7.40. The van der Waals surface area contributed by atoms with Gasteiger partial charge in [-0.05, 0) is 48.5 Å². The molecule has 4 aromatic rings. The van der Waals surface area contributed by atoms with Gasteiger partial charge < -0.3 is 5.32 Å². The van der Waals surface area contributed by atoms with Crippen LogP contribution in [0.4, 0.5) is 15.8 Å². The zero-order valence-electron chi connectivity index (χ0n) is 17.1. The van der Waals surface area contributed by atoms with Crippen molar-refractivity contribution in [3.8, 4) is 11.3 Å². The van der Waals surface area contributed by atoms with Crippen LogP contribution in [0.1, 0.15) is 27.6 Å². The van der Waals surface area contributed by atoms with E-state index in [-0.39, 0.29) is 17.0 Å². The third kappa shape index (κ3) is 2.94. The van der Waals surface area contributed by atoms with Gasteiger partial charge in [-0.25, -0.2) is 19.0 Å². The van der Waals surface area contributed by atoms with E-state index in [0.717, 1.165) is 4.90 Å². The van der Waals surface area contributed by atoms with E-state index < -0.39 is 17.6 Å². The van der Waals surface area contributed by atoms with Gasteiger partial charge in [0.1, 0.15) is 11.5 Å². The number of aryl methyl sites for hydroxylation is 1. The summed E-state index contributed by atoms with van der Waals surface area (Å²) in [5.74, 6) is -1.61. The monoisotopic (exact) mass is 429 g/mol. The second-order valence-electron chi connectivity index (χ2n) is 7.40. The summed E-state index contributed by atoms with van der Waals surface area (Å²) >= 11 is 0. The van der Waals surface area contributed by atoms with E-state index in [9.17, 15) is 18.8 Å².